The van der Waals surface area contributed by atoms with E-state index >= 15 is 0 Å². The number of rotatable bonds is 2. The van der Waals surface area contributed by atoms with Crippen LogP contribution in [0, 0.1) is 13.8 Å². The molecule has 0 saturated carbocycles. The number of hydrogen-bond acceptors (Lipinski definition) is 2. The fourth-order valence-corrected chi connectivity index (χ4v) is 3.35. The summed E-state index contributed by atoms with van der Waals surface area (Å²) < 4.78 is 8.01. The fraction of sp³-hybridized carbons (Fsp3) is 0.294. The molecule has 2 nitrogen and oxygen atoms in total. The quantitative estimate of drug-likeness (QED) is 0.678. The Balaban J connectivity index is 1.92. The van der Waals surface area contributed by atoms with Crippen LogP contribution in [0.3, 0.4) is 0 Å². The molecule has 0 radical (unpaired) electrons. The summed E-state index contributed by atoms with van der Waals surface area (Å²) >= 11 is 7.17. The normalized spacial score (nSPS) is 17.0. The van der Waals surface area contributed by atoms with Gasteiger partial charge in [-0.05, 0) is 55.3 Å². The summed E-state index contributed by atoms with van der Waals surface area (Å²) in [5.74, 6) is 0.979. The zero-order valence-corrected chi connectivity index (χ0v) is 15.2. The Bertz CT molecular complexity index is 661. The molecule has 1 atom stereocenters. The molecular formula is C17H17Br2NO. The molecule has 0 saturated heterocycles. The van der Waals surface area contributed by atoms with Gasteiger partial charge in [0.2, 0.25) is 0 Å². The molecule has 0 amide bonds. The number of anilines is 1. The van der Waals surface area contributed by atoms with E-state index in [9.17, 15) is 0 Å². The first-order valence-electron chi connectivity index (χ1n) is 7.00. The standard InChI is InChI=1S/C17H17Br2NO/c1-10-7-13(8-11(2)17(10)19)20-15-5-6-21-16-4-3-12(18)9-14(15)16/h3-4,7-9,15,20H,5-6H2,1-2H3. The SMILES string of the molecule is Cc1cc(NC2CCOc3ccc(Br)cc32)cc(C)c1Br. The molecule has 1 aliphatic rings. The first kappa shape index (κ1) is 14.9. The van der Waals surface area contributed by atoms with Crippen LogP contribution in [0.2, 0.25) is 0 Å². The fourth-order valence-electron chi connectivity index (χ4n) is 2.75. The topological polar surface area (TPSA) is 21.3 Å². The lowest BCUT2D eigenvalue weighted by molar-refractivity contribution is 0.274. The number of hydrogen-bond donors (Lipinski definition) is 1. The number of aryl methyl sites for hydroxylation is 2. The van der Waals surface area contributed by atoms with Gasteiger partial charge < -0.3 is 10.1 Å². The van der Waals surface area contributed by atoms with Crippen LogP contribution in [0.15, 0.2) is 39.3 Å². The maximum atomic E-state index is 5.74. The van der Waals surface area contributed by atoms with Crippen molar-refractivity contribution in [2.45, 2.75) is 26.3 Å². The molecule has 2 aromatic rings. The highest BCUT2D eigenvalue weighted by molar-refractivity contribution is 9.10. The van der Waals surface area contributed by atoms with Crippen LogP contribution in [0.5, 0.6) is 5.75 Å². The summed E-state index contributed by atoms with van der Waals surface area (Å²) in [5, 5.41) is 3.65. The van der Waals surface area contributed by atoms with Crippen LogP contribution in [0.1, 0.15) is 29.2 Å². The van der Waals surface area contributed by atoms with E-state index < -0.39 is 0 Å². The van der Waals surface area contributed by atoms with E-state index in [0.29, 0.717) is 0 Å². The highest BCUT2D eigenvalue weighted by Gasteiger charge is 2.21. The lowest BCUT2D eigenvalue weighted by Crippen LogP contribution is -2.20. The molecule has 1 N–H and O–H groups in total. The van der Waals surface area contributed by atoms with Crippen molar-refractivity contribution in [3.05, 3.63) is 56.0 Å². The lowest BCUT2D eigenvalue weighted by atomic mass is 10.00. The summed E-state index contributed by atoms with van der Waals surface area (Å²) in [4.78, 5) is 0. The molecule has 21 heavy (non-hydrogen) atoms. The van der Waals surface area contributed by atoms with Gasteiger partial charge >= 0.3 is 0 Å². The summed E-state index contributed by atoms with van der Waals surface area (Å²) in [6, 6.07) is 10.9. The van der Waals surface area contributed by atoms with Gasteiger partial charge in [0.15, 0.2) is 0 Å². The summed E-state index contributed by atoms with van der Waals surface area (Å²) in [6.45, 7) is 4.99. The number of benzene rings is 2. The molecular weight excluding hydrogens is 394 g/mol. The van der Waals surface area contributed by atoms with E-state index in [1.165, 1.54) is 21.2 Å². The third-order valence-electron chi connectivity index (χ3n) is 3.79. The van der Waals surface area contributed by atoms with Crippen LogP contribution in [-0.4, -0.2) is 6.61 Å². The van der Waals surface area contributed by atoms with Gasteiger partial charge in [-0.25, -0.2) is 0 Å². The third kappa shape index (κ3) is 3.11. The van der Waals surface area contributed by atoms with Crippen molar-refractivity contribution >= 4 is 37.5 Å². The number of ether oxygens (including phenoxy) is 1. The Morgan fingerprint density at radius 1 is 1.10 bits per heavy atom. The van der Waals surface area contributed by atoms with E-state index in [1.807, 2.05) is 12.1 Å². The van der Waals surface area contributed by atoms with Crippen LogP contribution >= 0.6 is 31.9 Å². The van der Waals surface area contributed by atoms with E-state index in [1.54, 1.807) is 0 Å². The number of halogens is 2. The summed E-state index contributed by atoms with van der Waals surface area (Å²) in [6.07, 6.45) is 0.970. The maximum absolute atomic E-state index is 5.74. The molecule has 1 aliphatic heterocycles. The number of fused-ring (bicyclic) bond motifs is 1. The zero-order chi connectivity index (χ0) is 15.0. The third-order valence-corrected chi connectivity index (χ3v) is 5.53. The molecule has 0 aliphatic carbocycles. The molecule has 0 fully saturated rings. The van der Waals surface area contributed by atoms with Gasteiger partial charge in [-0.1, -0.05) is 31.9 Å². The van der Waals surface area contributed by atoms with Crippen molar-refractivity contribution in [1.82, 2.24) is 0 Å². The van der Waals surface area contributed by atoms with Gasteiger partial charge in [-0.3, -0.25) is 0 Å². The molecule has 0 spiro atoms. The Kier molecular flexibility index (Phi) is 4.27. The summed E-state index contributed by atoms with van der Waals surface area (Å²) in [7, 11) is 0. The van der Waals surface area contributed by atoms with Crippen molar-refractivity contribution in [1.29, 1.82) is 0 Å². The monoisotopic (exact) mass is 409 g/mol. The van der Waals surface area contributed by atoms with Gasteiger partial charge in [0.1, 0.15) is 5.75 Å². The average Bonchev–Trinajstić information content (AvgIpc) is 2.45. The Labute approximate surface area is 142 Å². The molecule has 1 unspecified atom stereocenters. The Hall–Kier alpha value is -1.00. The molecule has 3 rings (SSSR count). The molecule has 110 valence electrons. The van der Waals surface area contributed by atoms with E-state index in [0.717, 1.165) is 28.9 Å². The predicted octanol–water partition coefficient (Wildman–Crippen LogP) is 5.76. The molecule has 1 heterocycles. The van der Waals surface area contributed by atoms with E-state index in [2.05, 4.69) is 69.2 Å². The largest absolute Gasteiger partial charge is 0.493 e. The average molecular weight is 411 g/mol. The molecule has 0 aromatic heterocycles. The number of nitrogens with one attached hydrogen (secondary N) is 1. The smallest absolute Gasteiger partial charge is 0.124 e. The van der Waals surface area contributed by atoms with Crippen molar-refractivity contribution in [2.75, 3.05) is 11.9 Å². The minimum absolute atomic E-state index is 0.284. The summed E-state index contributed by atoms with van der Waals surface area (Å²) in [5.41, 5.74) is 4.87. The van der Waals surface area contributed by atoms with Crippen LogP contribution in [-0.2, 0) is 0 Å². The van der Waals surface area contributed by atoms with Gasteiger partial charge in [-0.15, -0.1) is 0 Å². The van der Waals surface area contributed by atoms with Crippen molar-refractivity contribution < 1.29 is 4.74 Å². The van der Waals surface area contributed by atoms with Crippen molar-refractivity contribution in [2.24, 2.45) is 0 Å². The van der Waals surface area contributed by atoms with Crippen molar-refractivity contribution in [3.8, 4) is 5.75 Å². The van der Waals surface area contributed by atoms with Crippen LogP contribution in [0.4, 0.5) is 5.69 Å². The predicted molar refractivity (Wildman–Crippen MR) is 94.2 cm³/mol. The van der Waals surface area contributed by atoms with E-state index in [4.69, 9.17) is 4.74 Å². The molecule has 4 heteroatoms. The lowest BCUT2D eigenvalue weighted by Gasteiger charge is -2.28. The Morgan fingerprint density at radius 2 is 1.81 bits per heavy atom. The first-order valence-corrected chi connectivity index (χ1v) is 8.59. The van der Waals surface area contributed by atoms with Gasteiger partial charge in [0.25, 0.3) is 0 Å². The molecule has 0 bridgehead atoms. The second-order valence-corrected chi connectivity index (χ2v) is 7.15. The van der Waals surface area contributed by atoms with Gasteiger partial charge in [0, 0.05) is 26.6 Å². The minimum atomic E-state index is 0.284. The highest BCUT2D eigenvalue weighted by atomic mass is 79.9. The maximum Gasteiger partial charge on any atom is 0.124 e. The Morgan fingerprint density at radius 3 is 2.52 bits per heavy atom. The first-order chi connectivity index (χ1) is 10.0. The van der Waals surface area contributed by atoms with Gasteiger partial charge in [-0.2, -0.15) is 0 Å². The van der Waals surface area contributed by atoms with E-state index in [-0.39, 0.29) is 6.04 Å². The second-order valence-electron chi connectivity index (χ2n) is 5.44. The van der Waals surface area contributed by atoms with Crippen LogP contribution in [0.25, 0.3) is 0 Å². The second kappa shape index (κ2) is 6.01. The minimum Gasteiger partial charge on any atom is -0.493 e. The van der Waals surface area contributed by atoms with Gasteiger partial charge in [0.05, 0.1) is 12.6 Å². The zero-order valence-electron chi connectivity index (χ0n) is 12.0. The highest BCUT2D eigenvalue weighted by Crippen LogP contribution is 2.37. The molecule has 2 aromatic carbocycles. The van der Waals surface area contributed by atoms with Crippen LogP contribution < -0.4 is 10.1 Å². The van der Waals surface area contributed by atoms with Crippen molar-refractivity contribution in [3.63, 3.8) is 0 Å².